The molecular formula is C22H26N2O3S. The number of carbonyl (C=O) groups excluding carboxylic acids is 1. The molecule has 6 heteroatoms. The van der Waals surface area contributed by atoms with E-state index in [1.807, 2.05) is 48.7 Å². The molecule has 0 atom stereocenters. The fraction of sp³-hybridized carbons (Fsp3) is 0.364. The first-order valence-electron chi connectivity index (χ1n) is 9.75. The first-order valence-corrected chi connectivity index (χ1v) is 10.6. The van der Waals surface area contributed by atoms with Crippen molar-refractivity contribution in [1.29, 1.82) is 0 Å². The molecule has 0 saturated carbocycles. The summed E-state index contributed by atoms with van der Waals surface area (Å²) in [7, 11) is 0. The summed E-state index contributed by atoms with van der Waals surface area (Å²) in [5, 5.41) is 0. The van der Waals surface area contributed by atoms with Gasteiger partial charge in [-0.25, -0.2) is 0 Å². The van der Waals surface area contributed by atoms with Gasteiger partial charge in [0.15, 0.2) is 4.80 Å². The van der Waals surface area contributed by atoms with Crippen LogP contribution in [0.25, 0.3) is 10.2 Å². The van der Waals surface area contributed by atoms with Gasteiger partial charge in [-0.05, 0) is 56.7 Å². The van der Waals surface area contributed by atoms with E-state index in [0.717, 1.165) is 34.6 Å². The van der Waals surface area contributed by atoms with Crippen molar-refractivity contribution < 1.29 is 14.3 Å². The maximum atomic E-state index is 12.7. The van der Waals surface area contributed by atoms with E-state index in [9.17, 15) is 4.79 Å². The average molecular weight is 399 g/mol. The Morgan fingerprint density at radius 2 is 1.86 bits per heavy atom. The van der Waals surface area contributed by atoms with Gasteiger partial charge in [-0.2, -0.15) is 4.99 Å². The lowest BCUT2D eigenvalue weighted by Crippen LogP contribution is -2.16. The number of rotatable bonds is 8. The third-order valence-electron chi connectivity index (χ3n) is 4.35. The Morgan fingerprint density at radius 3 is 2.54 bits per heavy atom. The number of fused-ring (bicyclic) bond motifs is 1. The standard InChI is InChI=1S/C22H26N2O3S/c1-4-7-15-27-17-13-11-16(12-14-17)21(25)23-22-24(5-2)20-18(26-6-3)9-8-10-19(20)28-22/h8-14H,4-7,15H2,1-3H3. The van der Waals surface area contributed by atoms with Gasteiger partial charge in [0.2, 0.25) is 0 Å². The van der Waals surface area contributed by atoms with Crippen LogP contribution in [0.3, 0.4) is 0 Å². The van der Waals surface area contributed by atoms with Gasteiger partial charge < -0.3 is 14.0 Å². The molecule has 0 spiro atoms. The molecule has 3 aromatic rings. The van der Waals surface area contributed by atoms with Gasteiger partial charge in [-0.15, -0.1) is 0 Å². The van der Waals surface area contributed by atoms with E-state index < -0.39 is 0 Å². The summed E-state index contributed by atoms with van der Waals surface area (Å²) < 4.78 is 14.5. The van der Waals surface area contributed by atoms with Crippen LogP contribution >= 0.6 is 11.3 Å². The SMILES string of the molecule is CCCCOc1ccc(C(=O)N=c2sc3cccc(OCC)c3n2CC)cc1. The summed E-state index contributed by atoms with van der Waals surface area (Å²) in [6.07, 6.45) is 2.11. The summed E-state index contributed by atoms with van der Waals surface area (Å²) in [6.45, 7) is 8.12. The quantitative estimate of drug-likeness (QED) is 0.500. The first-order chi connectivity index (χ1) is 13.7. The molecule has 0 aliphatic heterocycles. The smallest absolute Gasteiger partial charge is 0.279 e. The zero-order chi connectivity index (χ0) is 19.9. The van der Waals surface area contributed by atoms with Crippen molar-refractivity contribution in [2.45, 2.75) is 40.2 Å². The molecule has 0 N–H and O–H groups in total. The van der Waals surface area contributed by atoms with Gasteiger partial charge in [0, 0.05) is 12.1 Å². The second kappa shape index (κ2) is 9.55. The maximum absolute atomic E-state index is 12.7. The number of hydrogen-bond acceptors (Lipinski definition) is 4. The third-order valence-corrected chi connectivity index (χ3v) is 5.39. The first kappa shape index (κ1) is 20.1. The zero-order valence-electron chi connectivity index (χ0n) is 16.6. The normalized spacial score (nSPS) is 11.8. The topological polar surface area (TPSA) is 52.8 Å². The molecule has 148 valence electrons. The number of aromatic nitrogens is 1. The lowest BCUT2D eigenvalue weighted by atomic mass is 10.2. The number of nitrogens with zero attached hydrogens (tertiary/aromatic N) is 2. The molecule has 0 radical (unpaired) electrons. The highest BCUT2D eigenvalue weighted by atomic mass is 32.1. The summed E-state index contributed by atoms with van der Waals surface area (Å²) in [5.41, 5.74) is 1.54. The fourth-order valence-electron chi connectivity index (χ4n) is 2.93. The van der Waals surface area contributed by atoms with E-state index in [2.05, 4.69) is 11.9 Å². The van der Waals surface area contributed by atoms with E-state index >= 15 is 0 Å². The van der Waals surface area contributed by atoms with Crippen LogP contribution in [0.5, 0.6) is 11.5 Å². The Morgan fingerprint density at radius 1 is 1.07 bits per heavy atom. The Hall–Kier alpha value is -2.60. The molecule has 5 nitrogen and oxygen atoms in total. The van der Waals surface area contributed by atoms with Gasteiger partial charge in [0.25, 0.3) is 5.91 Å². The Bertz CT molecular complexity index is 1000. The molecule has 0 bridgehead atoms. The van der Waals surface area contributed by atoms with Crippen molar-refractivity contribution in [1.82, 2.24) is 4.57 Å². The molecule has 0 unspecified atom stereocenters. The van der Waals surface area contributed by atoms with Crippen molar-refractivity contribution in [2.24, 2.45) is 4.99 Å². The predicted molar refractivity (Wildman–Crippen MR) is 113 cm³/mol. The second-order valence-electron chi connectivity index (χ2n) is 6.31. The van der Waals surface area contributed by atoms with Crippen molar-refractivity contribution in [3.8, 4) is 11.5 Å². The number of carbonyl (C=O) groups is 1. The maximum Gasteiger partial charge on any atom is 0.279 e. The van der Waals surface area contributed by atoms with E-state index in [0.29, 0.717) is 30.1 Å². The summed E-state index contributed by atoms with van der Waals surface area (Å²) in [4.78, 5) is 17.8. The lowest BCUT2D eigenvalue weighted by Gasteiger charge is -2.07. The monoisotopic (exact) mass is 398 g/mol. The van der Waals surface area contributed by atoms with Gasteiger partial charge in [0.05, 0.1) is 17.9 Å². The summed E-state index contributed by atoms with van der Waals surface area (Å²) in [6, 6.07) is 13.1. The molecular weight excluding hydrogens is 372 g/mol. The van der Waals surface area contributed by atoms with E-state index in [-0.39, 0.29) is 5.91 Å². The molecule has 1 amide bonds. The Kier molecular flexibility index (Phi) is 6.87. The number of aryl methyl sites for hydroxylation is 1. The Labute approximate surface area is 169 Å². The molecule has 2 aromatic carbocycles. The molecule has 0 saturated heterocycles. The third kappa shape index (κ3) is 4.44. The predicted octanol–water partition coefficient (Wildman–Crippen LogP) is 5.04. The van der Waals surface area contributed by atoms with Crippen LogP contribution in [0.15, 0.2) is 47.5 Å². The number of amides is 1. The van der Waals surface area contributed by atoms with Crippen LogP contribution in [0, 0.1) is 0 Å². The van der Waals surface area contributed by atoms with E-state index in [4.69, 9.17) is 9.47 Å². The highest BCUT2D eigenvalue weighted by Crippen LogP contribution is 2.27. The summed E-state index contributed by atoms with van der Waals surface area (Å²) >= 11 is 1.50. The number of hydrogen-bond donors (Lipinski definition) is 0. The van der Waals surface area contributed by atoms with Crippen LogP contribution in [0.1, 0.15) is 44.0 Å². The van der Waals surface area contributed by atoms with E-state index in [1.54, 1.807) is 12.1 Å². The lowest BCUT2D eigenvalue weighted by molar-refractivity contribution is 0.0998. The summed E-state index contributed by atoms with van der Waals surface area (Å²) in [5.74, 6) is 1.34. The largest absolute Gasteiger partial charge is 0.494 e. The van der Waals surface area contributed by atoms with Gasteiger partial charge >= 0.3 is 0 Å². The van der Waals surface area contributed by atoms with Crippen LogP contribution in [-0.2, 0) is 6.54 Å². The number of benzene rings is 2. The average Bonchev–Trinajstić information content (AvgIpc) is 3.07. The fourth-order valence-corrected chi connectivity index (χ4v) is 4.04. The second-order valence-corrected chi connectivity index (χ2v) is 7.32. The van der Waals surface area contributed by atoms with Crippen LogP contribution in [0.2, 0.25) is 0 Å². The van der Waals surface area contributed by atoms with Gasteiger partial charge in [-0.3, -0.25) is 4.79 Å². The van der Waals surface area contributed by atoms with Gasteiger partial charge in [-0.1, -0.05) is 30.7 Å². The van der Waals surface area contributed by atoms with Crippen LogP contribution in [0.4, 0.5) is 0 Å². The van der Waals surface area contributed by atoms with E-state index in [1.165, 1.54) is 11.3 Å². The minimum absolute atomic E-state index is 0.258. The van der Waals surface area contributed by atoms with Crippen molar-refractivity contribution >= 4 is 27.5 Å². The number of thiazole rings is 1. The molecule has 1 aromatic heterocycles. The molecule has 0 aliphatic carbocycles. The van der Waals surface area contributed by atoms with Crippen molar-refractivity contribution in [3.63, 3.8) is 0 Å². The molecule has 0 aliphatic rings. The van der Waals surface area contributed by atoms with Gasteiger partial charge in [0.1, 0.15) is 17.0 Å². The number of ether oxygens (including phenoxy) is 2. The highest BCUT2D eigenvalue weighted by Gasteiger charge is 2.12. The van der Waals surface area contributed by atoms with Crippen LogP contribution < -0.4 is 14.3 Å². The minimum atomic E-state index is -0.258. The zero-order valence-corrected chi connectivity index (χ0v) is 17.4. The van der Waals surface area contributed by atoms with Crippen LogP contribution in [-0.4, -0.2) is 23.7 Å². The van der Waals surface area contributed by atoms with Crippen molar-refractivity contribution in [2.75, 3.05) is 13.2 Å². The molecule has 28 heavy (non-hydrogen) atoms. The number of para-hydroxylation sites is 1. The minimum Gasteiger partial charge on any atom is -0.494 e. The number of unbranched alkanes of at least 4 members (excludes halogenated alkanes) is 1. The molecule has 1 heterocycles. The Balaban J connectivity index is 1.91. The van der Waals surface area contributed by atoms with Crippen molar-refractivity contribution in [3.05, 3.63) is 52.8 Å². The molecule has 0 fully saturated rings. The highest BCUT2D eigenvalue weighted by molar-refractivity contribution is 7.16. The molecule has 3 rings (SSSR count).